The Kier molecular flexibility index (Phi) is 6.68. The highest BCUT2D eigenvalue weighted by molar-refractivity contribution is 5.85. The van der Waals surface area contributed by atoms with Gasteiger partial charge in [0.2, 0.25) is 0 Å². The monoisotopic (exact) mass is 450 g/mol. The normalized spacial score (nSPS) is 11.8. The number of halogens is 3. The molecule has 0 aliphatic rings. The molecule has 0 atom stereocenters. The van der Waals surface area contributed by atoms with Crippen molar-refractivity contribution in [1.29, 1.82) is 0 Å². The van der Waals surface area contributed by atoms with Crippen molar-refractivity contribution in [3.05, 3.63) is 54.9 Å². The van der Waals surface area contributed by atoms with Crippen LogP contribution in [0.1, 0.15) is 13.8 Å². The minimum atomic E-state index is -4.75. The van der Waals surface area contributed by atoms with Crippen LogP contribution in [0.5, 0.6) is 5.75 Å². The van der Waals surface area contributed by atoms with Crippen molar-refractivity contribution < 1.29 is 32.2 Å². The summed E-state index contributed by atoms with van der Waals surface area (Å²) in [5, 5.41) is 6.96. The van der Waals surface area contributed by atoms with Crippen LogP contribution < -0.4 is 10.1 Å². The molecule has 0 spiro atoms. The maximum Gasteiger partial charge on any atom is 0.573 e. The molecule has 0 aliphatic carbocycles. The predicted molar refractivity (Wildman–Crippen MR) is 110 cm³/mol. The molecular formula is C21H21F3N4O4. The zero-order valence-electron chi connectivity index (χ0n) is 17.5. The molecule has 1 N–H and O–H groups in total. The van der Waals surface area contributed by atoms with Gasteiger partial charge in [0, 0.05) is 18.4 Å². The topological polar surface area (TPSA) is 87.5 Å². The van der Waals surface area contributed by atoms with E-state index in [-0.39, 0.29) is 12.4 Å². The molecule has 0 radical (unpaired) electrons. The van der Waals surface area contributed by atoms with E-state index >= 15 is 0 Å². The van der Waals surface area contributed by atoms with Crippen LogP contribution in [0.2, 0.25) is 0 Å². The van der Waals surface area contributed by atoms with Gasteiger partial charge in [0.05, 0.1) is 12.3 Å². The lowest BCUT2D eigenvalue weighted by molar-refractivity contribution is -0.274. The fourth-order valence-electron chi connectivity index (χ4n) is 2.79. The first-order valence-electron chi connectivity index (χ1n) is 9.42. The van der Waals surface area contributed by atoms with Gasteiger partial charge in [-0.1, -0.05) is 0 Å². The van der Waals surface area contributed by atoms with Crippen molar-refractivity contribution in [3.63, 3.8) is 0 Å². The number of hydrogen-bond acceptors (Lipinski definition) is 6. The maximum absolute atomic E-state index is 12.3. The van der Waals surface area contributed by atoms with Crippen LogP contribution in [-0.2, 0) is 9.47 Å². The summed E-state index contributed by atoms with van der Waals surface area (Å²) in [5.41, 5.74) is 0.941. The second kappa shape index (κ2) is 9.27. The van der Waals surface area contributed by atoms with Crippen LogP contribution in [-0.4, -0.2) is 46.5 Å². The standard InChI is InChI=1S/C21H21F3N4O4/c1-20(2,12-30-3)32-19(29)26-15-6-4-14(5-7-15)18-25-13-28(27-18)16-8-10-17(11-9-16)31-21(22,23)24/h4-11,13H,12H2,1-3H3,(H,26,29). The molecule has 0 aliphatic heterocycles. The van der Waals surface area contributed by atoms with Crippen LogP contribution in [0.4, 0.5) is 23.7 Å². The lowest BCUT2D eigenvalue weighted by Gasteiger charge is -2.24. The SMILES string of the molecule is COCC(C)(C)OC(=O)Nc1ccc(-c2ncn(-c3ccc(OC(F)(F)F)cc3)n2)cc1. The Balaban J connectivity index is 1.64. The van der Waals surface area contributed by atoms with Crippen molar-refractivity contribution in [2.45, 2.75) is 25.8 Å². The van der Waals surface area contributed by atoms with Gasteiger partial charge in [-0.05, 0) is 62.4 Å². The number of ether oxygens (including phenoxy) is 3. The zero-order chi connectivity index (χ0) is 23.4. The van der Waals surface area contributed by atoms with E-state index in [2.05, 4.69) is 20.1 Å². The maximum atomic E-state index is 12.3. The Morgan fingerprint density at radius 1 is 1.06 bits per heavy atom. The number of benzene rings is 2. The number of carbonyl (C=O) groups is 1. The highest BCUT2D eigenvalue weighted by Crippen LogP contribution is 2.24. The number of alkyl halides is 3. The van der Waals surface area contributed by atoms with Gasteiger partial charge in [0.25, 0.3) is 0 Å². The van der Waals surface area contributed by atoms with Gasteiger partial charge in [-0.3, -0.25) is 5.32 Å². The van der Waals surface area contributed by atoms with Gasteiger partial charge < -0.3 is 14.2 Å². The molecule has 2 aromatic carbocycles. The average Bonchev–Trinajstić information content (AvgIpc) is 3.17. The number of nitrogens with one attached hydrogen (secondary N) is 1. The smallest absolute Gasteiger partial charge is 0.441 e. The fraction of sp³-hybridized carbons (Fsp3) is 0.286. The lowest BCUT2D eigenvalue weighted by Crippen LogP contribution is -2.34. The minimum absolute atomic E-state index is 0.256. The molecule has 0 saturated heterocycles. The van der Waals surface area contributed by atoms with Crippen LogP contribution in [0.15, 0.2) is 54.9 Å². The molecule has 3 rings (SSSR count). The summed E-state index contributed by atoms with van der Waals surface area (Å²) >= 11 is 0. The van der Waals surface area contributed by atoms with Gasteiger partial charge in [-0.2, -0.15) is 0 Å². The summed E-state index contributed by atoms with van der Waals surface area (Å²) < 4.78 is 52.4. The van der Waals surface area contributed by atoms with E-state index in [1.807, 2.05) is 0 Å². The van der Waals surface area contributed by atoms with E-state index in [0.29, 0.717) is 22.8 Å². The number of rotatable bonds is 7. The summed E-state index contributed by atoms with van der Waals surface area (Å²) in [6, 6.07) is 12.0. The molecule has 3 aromatic rings. The fourth-order valence-corrected chi connectivity index (χ4v) is 2.79. The van der Waals surface area contributed by atoms with Gasteiger partial charge >= 0.3 is 12.5 Å². The number of carbonyl (C=O) groups excluding carboxylic acids is 1. The van der Waals surface area contributed by atoms with E-state index in [1.54, 1.807) is 38.1 Å². The highest BCUT2D eigenvalue weighted by Gasteiger charge is 2.31. The van der Waals surface area contributed by atoms with Crippen LogP contribution in [0.25, 0.3) is 17.1 Å². The molecule has 32 heavy (non-hydrogen) atoms. The molecular weight excluding hydrogens is 429 g/mol. The van der Waals surface area contributed by atoms with Crippen molar-refractivity contribution in [1.82, 2.24) is 14.8 Å². The van der Waals surface area contributed by atoms with Crippen LogP contribution in [0.3, 0.4) is 0 Å². The van der Waals surface area contributed by atoms with Crippen molar-refractivity contribution in [3.8, 4) is 22.8 Å². The molecule has 1 heterocycles. The first-order valence-corrected chi connectivity index (χ1v) is 9.42. The Morgan fingerprint density at radius 2 is 1.72 bits per heavy atom. The molecule has 170 valence electrons. The second-order valence-electron chi connectivity index (χ2n) is 7.34. The van der Waals surface area contributed by atoms with Crippen molar-refractivity contribution in [2.75, 3.05) is 19.0 Å². The molecule has 0 unspecified atom stereocenters. The van der Waals surface area contributed by atoms with E-state index in [1.165, 1.54) is 42.4 Å². The molecule has 1 amide bonds. The third-order valence-electron chi connectivity index (χ3n) is 4.08. The van der Waals surface area contributed by atoms with E-state index < -0.39 is 18.1 Å². The quantitative estimate of drug-likeness (QED) is 0.556. The molecule has 11 heteroatoms. The number of methoxy groups -OCH3 is 1. The average molecular weight is 450 g/mol. The van der Waals surface area contributed by atoms with E-state index in [9.17, 15) is 18.0 Å². The third kappa shape index (κ3) is 6.45. The zero-order valence-corrected chi connectivity index (χ0v) is 17.5. The minimum Gasteiger partial charge on any atom is -0.441 e. The molecule has 1 aromatic heterocycles. The van der Waals surface area contributed by atoms with Gasteiger partial charge in [0.1, 0.15) is 17.7 Å². The van der Waals surface area contributed by atoms with Gasteiger partial charge in [-0.25, -0.2) is 14.5 Å². The summed E-state index contributed by atoms with van der Waals surface area (Å²) in [4.78, 5) is 16.2. The van der Waals surface area contributed by atoms with Crippen LogP contribution in [0, 0.1) is 0 Å². The predicted octanol–water partition coefficient (Wildman–Crippen LogP) is 4.81. The number of hydrogen-bond donors (Lipinski definition) is 1. The molecule has 8 nitrogen and oxygen atoms in total. The van der Waals surface area contributed by atoms with Crippen molar-refractivity contribution >= 4 is 11.8 Å². The Labute approximate surface area is 181 Å². The Morgan fingerprint density at radius 3 is 2.31 bits per heavy atom. The van der Waals surface area contributed by atoms with E-state index in [0.717, 1.165) is 0 Å². The van der Waals surface area contributed by atoms with Gasteiger partial charge in [-0.15, -0.1) is 18.3 Å². The Bertz CT molecular complexity index is 1050. The number of aromatic nitrogens is 3. The van der Waals surface area contributed by atoms with Crippen molar-refractivity contribution in [2.24, 2.45) is 0 Å². The molecule has 0 fully saturated rings. The second-order valence-corrected chi connectivity index (χ2v) is 7.34. The first-order chi connectivity index (χ1) is 15.0. The number of nitrogens with zero attached hydrogens (tertiary/aromatic N) is 3. The summed E-state index contributed by atoms with van der Waals surface area (Å²) in [6.45, 7) is 3.72. The molecule has 0 bridgehead atoms. The summed E-state index contributed by atoms with van der Waals surface area (Å²) in [7, 11) is 1.52. The lowest BCUT2D eigenvalue weighted by atomic mass is 10.1. The van der Waals surface area contributed by atoms with E-state index in [4.69, 9.17) is 9.47 Å². The Hall–Kier alpha value is -3.60. The first kappa shape index (κ1) is 23.1. The van der Waals surface area contributed by atoms with Gasteiger partial charge in [0.15, 0.2) is 5.82 Å². The largest absolute Gasteiger partial charge is 0.573 e. The van der Waals surface area contributed by atoms with Crippen LogP contribution >= 0.6 is 0 Å². The summed E-state index contributed by atoms with van der Waals surface area (Å²) in [6.07, 6.45) is -3.92. The number of anilines is 1. The number of amides is 1. The highest BCUT2D eigenvalue weighted by atomic mass is 19.4. The molecule has 0 saturated carbocycles. The summed E-state index contributed by atoms with van der Waals surface area (Å²) in [5.74, 6) is 0.0739. The third-order valence-corrected chi connectivity index (χ3v) is 4.08.